The van der Waals surface area contributed by atoms with Crippen molar-refractivity contribution in [3.63, 3.8) is 0 Å². The second-order valence-corrected chi connectivity index (χ2v) is 7.35. The van der Waals surface area contributed by atoms with Gasteiger partial charge in [0.05, 0.1) is 16.3 Å². The zero-order chi connectivity index (χ0) is 14.1. The molecule has 0 aliphatic carbocycles. The second-order valence-electron chi connectivity index (χ2n) is 4.58. The van der Waals surface area contributed by atoms with E-state index in [1.165, 1.54) is 10.3 Å². The molecule has 3 aromatic rings. The summed E-state index contributed by atoms with van der Waals surface area (Å²) in [6.45, 7) is 0. The lowest BCUT2D eigenvalue weighted by Crippen LogP contribution is -2.12. The smallest absolute Gasteiger partial charge is 0.111 e. The molecule has 0 spiro atoms. The van der Waals surface area contributed by atoms with Gasteiger partial charge in [-0.25, -0.2) is 4.98 Å². The minimum absolute atomic E-state index is 0.0690. The summed E-state index contributed by atoms with van der Waals surface area (Å²) in [5.74, 6) is 0. The third-order valence-corrected chi connectivity index (χ3v) is 6.12. The fourth-order valence-corrected chi connectivity index (χ4v) is 3.70. The Morgan fingerprint density at radius 2 is 1.90 bits per heavy atom. The van der Waals surface area contributed by atoms with Gasteiger partial charge in [-0.05, 0) is 68.1 Å². The fourth-order valence-electron chi connectivity index (χ4n) is 2.06. The van der Waals surface area contributed by atoms with Crippen molar-refractivity contribution < 1.29 is 0 Å². The van der Waals surface area contributed by atoms with Gasteiger partial charge in [-0.2, -0.15) is 0 Å². The summed E-state index contributed by atoms with van der Waals surface area (Å²) in [6, 6.07) is 14.3. The van der Waals surface area contributed by atoms with Crippen molar-refractivity contribution in [3.8, 4) is 0 Å². The highest BCUT2D eigenvalue weighted by atomic mass is 79.9. The average Bonchev–Trinajstić information content (AvgIpc) is 2.87. The van der Waals surface area contributed by atoms with Gasteiger partial charge in [-0.1, -0.05) is 18.2 Å². The number of hydrogen-bond donors (Lipinski definition) is 1. The number of fused-ring (bicyclic) bond motifs is 1. The van der Waals surface area contributed by atoms with Gasteiger partial charge in [0.15, 0.2) is 0 Å². The van der Waals surface area contributed by atoms with E-state index in [2.05, 4.69) is 55.0 Å². The molecule has 0 saturated heterocycles. The van der Waals surface area contributed by atoms with E-state index in [-0.39, 0.29) is 6.04 Å². The molecular weight excluding hydrogens is 400 g/mol. The molecule has 1 unspecified atom stereocenters. The van der Waals surface area contributed by atoms with Crippen molar-refractivity contribution >= 4 is 53.4 Å². The fraction of sp³-hybridized carbons (Fsp3) is 0.133. The number of halogens is 2. The molecule has 0 radical (unpaired) electrons. The van der Waals surface area contributed by atoms with E-state index >= 15 is 0 Å². The van der Waals surface area contributed by atoms with Crippen LogP contribution >= 0.6 is 43.2 Å². The summed E-state index contributed by atoms with van der Waals surface area (Å²) in [7, 11) is 0. The monoisotopic (exact) mass is 410 g/mol. The Hall–Kier alpha value is -0.750. The quantitative estimate of drug-likeness (QED) is 0.653. The van der Waals surface area contributed by atoms with Crippen LogP contribution in [0.3, 0.4) is 0 Å². The molecule has 102 valence electrons. The Balaban J connectivity index is 1.84. The molecule has 0 saturated carbocycles. The maximum absolute atomic E-state index is 6.30. The van der Waals surface area contributed by atoms with Crippen LogP contribution in [0, 0.1) is 0 Å². The van der Waals surface area contributed by atoms with Crippen LogP contribution in [0.2, 0.25) is 0 Å². The van der Waals surface area contributed by atoms with Crippen molar-refractivity contribution in [1.29, 1.82) is 0 Å². The first-order valence-corrected chi connectivity index (χ1v) is 8.59. The predicted molar refractivity (Wildman–Crippen MR) is 92.1 cm³/mol. The van der Waals surface area contributed by atoms with Gasteiger partial charge in [-0.15, -0.1) is 11.3 Å². The highest BCUT2D eigenvalue weighted by Crippen LogP contribution is 2.29. The minimum atomic E-state index is -0.0690. The van der Waals surface area contributed by atoms with Gasteiger partial charge in [-0.3, -0.25) is 0 Å². The molecule has 20 heavy (non-hydrogen) atoms. The van der Waals surface area contributed by atoms with E-state index < -0.39 is 0 Å². The Morgan fingerprint density at radius 3 is 2.65 bits per heavy atom. The number of nitrogens with zero attached hydrogens (tertiary/aromatic N) is 1. The Kier molecular flexibility index (Phi) is 4.21. The number of benzene rings is 2. The Morgan fingerprint density at radius 1 is 1.10 bits per heavy atom. The van der Waals surface area contributed by atoms with Crippen molar-refractivity contribution in [2.45, 2.75) is 12.5 Å². The first-order valence-electron chi connectivity index (χ1n) is 6.18. The van der Waals surface area contributed by atoms with Crippen molar-refractivity contribution in [2.24, 2.45) is 5.73 Å². The summed E-state index contributed by atoms with van der Waals surface area (Å²) in [5.41, 5.74) is 8.53. The lowest BCUT2D eigenvalue weighted by molar-refractivity contribution is 0.717. The van der Waals surface area contributed by atoms with Gasteiger partial charge in [0.25, 0.3) is 0 Å². The first kappa shape index (κ1) is 14.2. The Labute approximate surface area is 138 Å². The third-order valence-electron chi connectivity index (χ3n) is 3.07. The number of thiazole rings is 1. The van der Waals surface area contributed by atoms with Gasteiger partial charge >= 0.3 is 0 Å². The molecule has 0 bridgehead atoms. The molecule has 1 heterocycles. The highest BCUT2D eigenvalue weighted by Gasteiger charge is 2.13. The summed E-state index contributed by atoms with van der Waals surface area (Å²) in [5, 5.41) is 0.991. The lowest BCUT2D eigenvalue weighted by atomic mass is 10.1. The van der Waals surface area contributed by atoms with Gasteiger partial charge in [0.1, 0.15) is 5.01 Å². The first-order chi connectivity index (χ1) is 9.63. The maximum atomic E-state index is 6.30. The van der Waals surface area contributed by atoms with Gasteiger partial charge in [0.2, 0.25) is 0 Å². The molecule has 3 rings (SSSR count). The van der Waals surface area contributed by atoms with E-state index in [9.17, 15) is 0 Å². The van der Waals surface area contributed by atoms with Crippen LogP contribution in [-0.4, -0.2) is 4.98 Å². The number of hydrogen-bond acceptors (Lipinski definition) is 3. The zero-order valence-electron chi connectivity index (χ0n) is 10.5. The number of rotatable bonds is 3. The van der Waals surface area contributed by atoms with Crippen LogP contribution in [0.4, 0.5) is 0 Å². The summed E-state index contributed by atoms with van der Waals surface area (Å²) in [6.07, 6.45) is 0.783. The minimum Gasteiger partial charge on any atom is -0.322 e. The molecule has 0 aliphatic heterocycles. The van der Waals surface area contributed by atoms with Gasteiger partial charge in [0, 0.05) is 8.95 Å². The topological polar surface area (TPSA) is 38.9 Å². The second kappa shape index (κ2) is 5.93. The van der Waals surface area contributed by atoms with Crippen LogP contribution in [0.5, 0.6) is 0 Å². The average molecular weight is 412 g/mol. The van der Waals surface area contributed by atoms with Crippen molar-refractivity contribution in [3.05, 3.63) is 62.0 Å². The third kappa shape index (κ3) is 2.96. The standard InChI is InChI=1S/C15H12Br2N2S/c16-10-6-5-9(7-11(10)17)8-12(18)15-19-13-3-1-2-4-14(13)20-15/h1-7,12H,8,18H2. The molecule has 0 aliphatic rings. The molecular formula is C15H12Br2N2S. The molecule has 1 aromatic heterocycles. The largest absolute Gasteiger partial charge is 0.322 e. The van der Waals surface area contributed by atoms with E-state index in [1.54, 1.807) is 11.3 Å². The highest BCUT2D eigenvalue weighted by molar-refractivity contribution is 9.13. The van der Waals surface area contributed by atoms with Crippen LogP contribution < -0.4 is 5.73 Å². The molecule has 0 amide bonds. The molecule has 2 N–H and O–H groups in total. The normalized spacial score (nSPS) is 12.8. The SMILES string of the molecule is NC(Cc1ccc(Br)c(Br)c1)c1nc2ccccc2s1. The number of aromatic nitrogens is 1. The van der Waals surface area contributed by atoms with E-state index in [0.29, 0.717) is 0 Å². The molecule has 0 fully saturated rings. The van der Waals surface area contributed by atoms with Crippen LogP contribution in [0.1, 0.15) is 16.6 Å². The van der Waals surface area contributed by atoms with Gasteiger partial charge < -0.3 is 5.73 Å². The maximum Gasteiger partial charge on any atom is 0.111 e. The molecule has 2 aromatic carbocycles. The molecule has 2 nitrogen and oxygen atoms in total. The van der Waals surface area contributed by atoms with Crippen LogP contribution in [0.25, 0.3) is 10.2 Å². The Bertz CT molecular complexity index is 721. The summed E-state index contributed by atoms with van der Waals surface area (Å²) >= 11 is 8.67. The van der Waals surface area contributed by atoms with Crippen LogP contribution in [0.15, 0.2) is 51.4 Å². The van der Waals surface area contributed by atoms with E-state index in [1.807, 2.05) is 24.3 Å². The zero-order valence-corrected chi connectivity index (χ0v) is 14.5. The molecule has 5 heteroatoms. The summed E-state index contributed by atoms with van der Waals surface area (Å²) in [4.78, 5) is 4.62. The summed E-state index contributed by atoms with van der Waals surface area (Å²) < 4.78 is 3.29. The van der Waals surface area contributed by atoms with E-state index in [0.717, 1.165) is 25.9 Å². The number of nitrogens with two attached hydrogens (primary N) is 1. The molecule has 1 atom stereocenters. The lowest BCUT2D eigenvalue weighted by Gasteiger charge is -2.09. The van der Waals surface area contributed by atoms with Crippen LogP contribution in [-0.2, 0) is 6.42 Å². The van der Waals surface area contributed by atoms with Crippen molar-refractivity contribution in [1.82, 2.24) is 4.98 Å². The number of para-hydroxylation sites is 1. The predicted octanol–water partition coefficient (Wildman–Crippen LogP) is 5.06. The van der Waals surface area contributed by atoms with E-state index in [4.69, 9.17) is 5.73 Å². The van der Waals surface area contributed by atoms with Crippen molar-refractivity contribution in [2.75, 3.05) is 0 Å².